The average Bonchev–Trinajstić information content (AvgIpc) is 2.64. The molecule has 1 aromatic heterocycles. The van der Waals surface area contributed by atoms with Crippen molar-refractivity contribution in [1.82, 2.24) is 10.3 Å². The van der Waals surface area contributed by atoms with E-state index in [2.05, 4.69) is 10.3 Å². The summed E-state index contributed by atoms with van der Waals surface area (Å²) in [5, 5.41) is 21.6. The summed E-state index contributed by atoms with van der Waals surface area (Å²) < 4.78 is 0. The summed E-state index contributed by atoms with van der Waals surface area (Å²) in [5.74, 6) is -2.19. The minimum Gasteiger partial charge on any atom is -0.505 e. The molecule has 0 aromatic carbocycles. The molecule has 3 N–H and O–H groups in total. The summed E-state index contributed by atoms with van der Waals surface area (Å²) in [5.41, 5.74) is -0.0686. The van der Waals surface area contributed by atoms with Gasteiger partial charge in [-0.25, -0.2) is 4.98 Å². The predicted molar refractivity (Wildman–Crippen MR) is 71.4 cm³/mol. The SMILES string of the molecule is O=C(NC1CCCCCC1C(=O)O)c1ncccc1O. The Morgan fingerprint density at radius 2 is 2.00 bits per heavy atom. The molecule has 0 aliphatic heterocycles. The summed E-state index contributed by atoms with van der Waals surface area (Å²) in [7, 11) is 0. The number of rotatable bonds is 3. The molecule has 1 amide bonds. The van der Waals surface area contributed by atoms with Gasteiger partial charge >= 0.3 is 5.97 Å². The van der Waals surface area contributed by atoms with E-state index in [1.54, 1.807) is 0 Å². The Labute approximate surface area is 116 Å². The highest BCUT2D eigenvalue weighted by Gasteiger charge is 2.31. The van der Waals surface area contributed by atoms with Gasteiger partial charge < -0.3 is 15.5 Å². The number of carbonyl (C=O) groups is 2. The number of amides is 1. The highest BCUT2D eigenvalue weighted by Crippen LogP contribution is 2.24. The standard InChI is InChI=1S/C14H18N2O4/c17-11-7-4-8-15-12(11)13(18)16-10-6-3-1-2-5-9(10)14(19)20/h4,7-10,17H,1-3,5-6H2,(H,16,18)(H,19,20). The summed E-state index contributed by atoms with van der Waals surface area (Å²) >= 11 is 0. The number of hydrogen-bond donors (Lipinski definition) is 3. The third kappa shape index (κ3) is 3.26. The van der Waals surface area contributed by atoms with E-state index in [9.17, 15) is 19.8 Å². The van der Waals surface area contributed by atoms with Gasteiger partial charge in [-0.3, -0.25) is 9.59 Å². The Morgan fingerprint density at radius 3 is 2.70 bits per heavy atom. The Balaban J connectivity index is 2.12. The maximum atomic E-state index is 12.1. The highest BCUT2D eigenvalue weighted by atomic mass is 16.4. The van der Waals surface area contributed by atoms with Crippen LogP contribution in [0.25, 0.3) is 0 Å². The molecule has 0 bridgehead atoms. The van der Waals surface area contributed by atoms with Crippen molar-refractivity contribution >= 4 is 11.9 Å². The number of nitrogens with one attached hydrogen (secondary N) is 1. The quantitative estimate of drug-likeness (QED) is 0.728. The van der Waals surface area contributed by atoms with Crippen LogP contribution < -0.4 is 5.32 Å². The van der Waals surface area contributed by atoms with E-state index in [0.717, 1.165) is 19.3 Å². The first-order valence-electron chi connectivity index (χ1n) is 6.77. The molecule has 1 aliphatic carbocycles. The lowest BCUT2D eigenvalue weighted by Crippen LogP contribution is -2.43. The van der Waals surface area contributed by atoms with Crippen LogP contribution in [-0.2, 0) is 4.79 Å². The maximum absolute atomic E-state index is 12.1. The van der Waals surface area contributed by atoms with Crippen LogP contribution in [0.2, 0.25) is 0 Å². The Bertz CT molecular complexity index is 504. The van der Waals surface area contributed by atoms with Crippen molar-refractivity contribution in [2.45, 2.75) is 38.1 Å². The van der Waals surface area contributed by atoms with Crippen LogP contribution in [-0.4, -0.2) is 33.1 Å². The Hall–Kier alpha value is -2.11. The number of aromatic hydroxyl groups is 1. The van der Waals surface area contributed by atoms with E-state index in [1.165, 1.54) is 18.3 Å². The molecule has 2 unspecified atom stereocenters. The van der Waals surface area contributed by atoms with E-state index in [-0.39, 0.29) is 11.4 Å². The van der Waals surface area contributed by atoms with Gasteiger partial charge in [0.25, 0.3) is 5.91 Å². The Kier molecular flexibility index (Phi) is 4.55. The van der Waals surface area contributed by atoms with Crippen molar-refractivity contribution in [2.24, 2.45) is 5.92 Å². The predicted octanol–water partition coefficient (Wildman–Crippen LogP) is 1.55. The lowest BCUT2D eigenvalue weighted by Gasteiger charge is -2.22. The number of nitrogens with zero attached hydrogens (tertiary/aromatic N) is 1. The molecule has 2 atom stereocenters. The zero-order valence-electron chi connectivity index (χ0n) is 11.1. The van der Waals surface area contributed by atoms with Gasteiger partial charge in [0.15, 0.2) is 5.69 Å². The van der Waals surface area contributed by atoms with Crippen molar-refractivity contribution < 1.29 is 19.8 Å². The minimum absolute atomic E-state index is 0.0686. The summed E-state index contributed by atoms with van der Waals surface area (Å²) in [6.07, 6.45) is 5.34. The molecule has 108 valence electrons. The normalized spacial score (nSPS) is 22.8. The number of aromatic nitrogens is 1. The monoisotopic (exact) mass is 278 g/mol. The van der Waals surface area contributed by atoms with Gasteiger partial charge in [-0.1, -0.05) is 19.3 Å². The second-order valence-electron chi connectivity index (χ2n) is 5.03. The number of carboxylic acid groups (broad SMARTS) is 1. The third-order valence-corrected chi connectivity index (χ3v) is 3.65. The number of carboxylic acids is 1. The first-order valence-corrected chi connectivity index (χ1v) is 6.77. The summed E-state index contributed by atoms with van der Waals surface area (Å²) in [4.78, 5) is 27.2. The number of carbonyl (C=O) groups excluding carboxylic acids is 1. The van der Waals surface area contributed by atoms with Crippen LogP contribution in [0.15, 0.2) is 18.3 Å². The molecule has 1 aromatic rings. The second kappa shape index (κ2) is 6.36. The molecule has 6 nitrogen and oxygen atoms in total. The fraction of sp³-hybridized carbons (Fsp3) is 0.500. The number of pyridine rings is 1. The van der Waals surface area contributed by atoms with E-state index >= 15 is 0 Å². The fourth-order valence-electron chi connectivity index (χ4n) is 2.58. The average molecular weight is 278 g/mol. The van der Waals surface area contributed by atoms with Crippen molar-refractivity contribution in [3.8, 4) is 5.75 Å². The number of aliphatic carboxylic acids is 1. The molecular weight excluding hydrogens is 260 g/mol. The molecular formula is C14H18N2O4. The molecule has 20 heavy (non-hydrogen) atoms. The fourth-order valence-corrected chi connectivity index (χ4v) is 2.58. The van der Waals surface area contributed by atoms with Crippen LogP contribution in [0.4, 0.5) is 0 Å². The highest BCUT2D eigenvalue weighted by molar-refractivity contribution is 5.95. The molecule has 1 heterocycles. The largest absolute Gasteiger partial charge is 0.505 e. The molecule has 1 aliphatic rings. The smallest absolute Gasteiger partial charge is 0.308 e. The lowest BCUT2D eigenvalue weighted by molar-refractivity contribution is -0.142. The van der Waals surface area contributed by atoms with E-state index in [1.807, 2.05) is 0 Å². The van der Waals surface area contributed by atoms with Gasteiger partial charge in [-0.2, -0.15) is 0 Å². The zero-order chi connectivity index (χ0) is 14.5. The van der Waals surface area contributed by atoms with Gasteiger partial charge in [0.1, 0.15) is 5.75 Å². The third-order valence-electron chi connectivity index (χ3n) is 3.65. The minimum atomic E-state index is -0.887. The molecule has 0 radical (unpaired) electrons. The van der Waals surface area contributed by atoms with Gasteiger partial charge in [0, 0.05) is 12.2 Å². The maximum Gasteiger partial charge on any atom is 0.308 e. The van der Waals surface area contributed by atoms with Crippen molar-refractivity contribution in [2.75, 3.05) is 0 Å². The van der Waals surface area contributed by atoms with E-state index in [0.29, 0.717) is 12.8 Å². The molecule has 1 saturated carbocycles. The first kappa shape index (κ1) is 14.3. The summed E-state index contributed by atoms with van der Waals surface area (Å²) in [6, 6.07) is 2.49. The van der Waals surface area contributed by atoms with Gasteiger partial charge in [0.05, 0.1) is 5.92 Å². The zero-order valence-corrected chi connectivity index (χ0v) is 11.1. The van der Waals surface area contributed by atoms with Gasteiger partial charge in [-0.05, 0) is 25.0 Å². The molecule has 1 fully saturated rings. The van der Waals surface area contributed by atoms with Crippen molar-refractivity contribution in [1.29, 1.82) is 0 Å². The molecule has 0 spiro atoms. The van der Waals surface area contributed by atoms with E-state index in [4.69, 9.17) is 0 Å². The van der Waals surface area contributed by atoms with Gasteiger partial charge in [-0.15, -0.1) is 0 Å². The molecule has 0 saturated heterocycles. The van der Waals surface area contributed by atoms with Gasteiger partial charge in [0.2, 0.25) is 0 Å². The lowest BCUT2D eigenvalue weighted by atomic mass is 9.95. The summed E-state index contributed by atoms with van der Waals surface area (Å²) in [6.45, 7) is 0. The topological polar surface area (TPSA) is 99.5 Å². The van der Waals surface area contributed by atoms with Crippen molar-refractivity contribution in [3.05, 3.63) is 24.0 Å². The van der Waals surface area contributed by atoms with Crippen LogP contribution in [0.3, 0.4) is 0 Å². The number of hydrogen-bond acceptors (Lipinski definition) is 4. The molecule has 6 heteroatoms. The van der Waals surface area contributed by atoms with Crippen LogP contribution in [0.5, 0.6) is 5.75 Å². The van der Waals surface area contributed by atoms with Crippen LogP contribution in [0.1, 0.15) is 42.6 Å². The van der Waals surface area contributed by atoms with E-state index < -0.39 is 23.8 Å². The van der Waals surface area contributed by atoms with Crippen LogP contribution >= 0.6 is 0 Å². The first-order chi connectivity index (χ1) is 9.59. The Morgan fingerprint density at radius 1 is 1.25 bits per heavy atom. The second-order valence-corrected chi connectivity index (χ2v) is 5.03. The van der Waals surface area contributed by atoms with Crippen LogP contribution in [0, 0.1) is 5.92 Å². The van der Waals surface area contributed by atoms with Crippen molar-refractivity contribution in [3.63, 3.8) is 0 Å². The molecule has 2 rings (SSSR count).